The van der Waals surface area contributed by atoms with Gasteiger partial charge in [-0.1, -0.05) is 20.3 Å². The van der Waals surface area contributed by atoms with Crippen LogP contribution in [0.4, 0.5) is 0 Å². The third-order valence-corrected chi connectivity index (χ3v) is 2.85. The molecule has 0 aliphatic carbocycles. The number of hydrogen-bond acceptors (Lipinski definition) is 3. The Morgan fingerprint density at radius 2 is 1.69 bits per heavy atom. The summed E-state index contributed by atoms with van der Waals surface area (Å²) >= 11 is 0. The van der Waals surface area contributed by atoms with Crippen molar-refractivity contribution >= 4 is 0 Å². The maximum absolute atomic E-state index is 9.65. The second-order valence-corrected chi connectivity index (χ2v) is 6.38. The number of likely N-dealkylation sites (N-methyl/N-ethyl adjacent to an activating group) is 1. The van der Waals surface area contributed by atoms with Gasteiger partial charge in [-0.05, 0) is 52.2 Å². The molecule has 0 aromatic heterocycles. The molecule has 0 radical (unpaired) electrons. The Labute approximate surface area is 101 Å². The van der Waals surface area contributed by atoms with Gasteiger partial charge in [0, 0.05) is 6.54 Å². The smallest absolute Gasteiger partial charge is 0.0718 e. The predicted octanol–water partition coefficient (Wildman–Crippen LogP) is 1.84. The van der Waals surface area contributed by atoms with E-state index in [4.69, 9.17) is 5.73 Å². The van der Waals surface area contributed by atoms with Crippen LogP contribution in [-0.4, -0.2) is 42.3 Å². The minimum Gasteiger partial charge on any atom is -0.389 e. The van der Waals surface area contributed by atoms with Crippen LogP contribution in [0.3, 0.4) is 0 Å². The summed E-state index contributed by atoms with van der Waals surface area (Å²) in [6.07, 6.45) is 3.57. The van der Waals surface area contributed by atoms with Crippen molar-refractivity contribution in [2.45, 2.75) is 52.6 Å². The van der Waals surface area contributed by atoms with Crippen LogP contribution < -0.4 is 5.73 Å². The molecule has 0 spiro atoms. The fourth-order valence-corrected chi connectivity index (χ4v) is 1.83. The topological polar surface area (TPSA) is 49.5 Å². The second kappa shape index (κ2) is 6.58. The summed E-state index contributed by atoms with van der Waals surface area (Å²) in [5.74, 6) is 0. The van der Waals surface area contributed by atoms with E-state index in [0.29, 0.717) is 0 Å². The Kier molecular flexibility index (Phi) is 6.53. The Morgan fingerprint density at radius 1 is 1.12 bits per heavy atom. The van der Waals surface area contributed by atoms with Crippen molar-refractivity contribution in [2.24, 2.45) is 11.1 Å². The van der Waals surface area contributed by atoms with E-state index < -0.39 is 5.60 Å². The normalized spacial score (nSPS) is 13.5. The maximum Gasteiger partial charge on any atom is 0.0718 e. The third-order valence-electron chi connectivity index (χ3n) is 2.85. The zero-order valence-corrected chi connectivity index (χ0v) is 11.7. The molecule has 0 fully saturated rings. The first-order chi connectivity index (χ1) is 7.16. The molecule has 0 heterocycles. The van der Waals surface area contributed by atoms with Gasteiger partial charge in [0.05, 0.1) is 5.60 Å². The van der Waals surface area contributed by atoms with Gasteiger partial charge in [-0.3, -0.25) is 0 Å². The molecule has 3 heteroatoms. The van der Waals surface area contributed by atoms with Crippen molar-refractivity contribution in [3.63, 3.8) is 0 Å². The average molecular weight is 230 g/mol. The van der Waals surface area contributed by atoms with Gasteiger partial charge in [-0.15, -0.1) is 0 Å². The number of hydrogen-bond donors (Lipinski definition) is 2. The summed E-state index contributed by atoms with van der Waals surface area (Å²) in [6, 6.07) is 0. The molecule has 16 heavy (non-hydrogen) atoms. The van der Waals surface area contributed by atoms with Crippen molar-refractivity contribution in [2.75, 3.05) is 26.7 Å². The van der Waals surface area contributed by atoms with Crippen molar-refractivity contribution in [1.82, 2.24) is 4.90 Å². The Morgan fingerprint density at radius 3 is 2.12 bits per heavy atom. The van der Waals surface area contributed by atoms with Crippen LogP contribution in [0.15, 0.2) is 0 Å². The van der Waals surface area contributed by atoms with Gasteiger partial charge in [0.2, 0.25) is 0 Å². The predicted molar refractivity (Wildman–Crippen MR) is 70.5 cm³/mol. The number of nitrogens with two attached hydrogens (primary N) is 1. The summed E-state index contributed by atoms with van der Waals surface area (Å²) in [5, 5.41) is 9.65. The van der Waals surface area contributed by atoms with Gasteiger partial charge in [0.1, 0.15) is 0 Å². The van der Waals surface area contributed by atoms with Crippen LogP contribution in [0, 0.1) is 5.41 Å². The SMILES string of the molecule is CN(CCCCC(C)(C)CN)CC(C)(C)O. The third kappa shape index (κ3) is 9.13. The Balaban J connectivity index is 3.60. The van der Waals surface area contributed by atoms with Crippen LogP contribution in [0.5, 0.6) is 0 Å². The van der Waals surface area contributed by atoms with Crippen molar-refractivity contribution in [1.29, 1.82) is 0 Å². The lowest BCUT2D eigenvalue weighted by Crippen LogP contribution is -2.36. The summed E-state index contributed by atoms with van der Waals surface area (Å²) in [4.78, 5) is 2.19. The van der Waals surface area contributed by atoms with E-state index in [1.165, 1.54) is 19.3 Å². The van der Waals surface area contributed by atoms with Gasteiger partial charge in [0.25, 0.3) is 0 Å². The molecular formula is C13H30N2O. The van der Waals surface area contributed by atoms with E-state index in [9.17, 15) is 5.11 Å². The van der Waals surface area contributed by atoms with Gasteiger partial charge < -0.3 is 15.7 Å². The zero-order chi connectivity index (χ0) is 12.8. The molecule has 0 aliphatic rings. The zero-order valence-electron chi connectivity index (χ0n) is 11.7. The standard InChI is InChI=1S/C13H30N2O/c1-12(2,10-14)8-6-7-9-15(5)11-13(3,4)16/h16H,6-11,14H2,1-5H3. The fraction of sp³-hybridized carbons (Fsp3) is 1.00. The summed E-state index contributed by atoms with van der Waals surface area (Å²) in [5.41, 5.74) is 5.37. The second-order valence-electron chi connectivity index (χ2n) is 6.38. The average Bonchev–Trinajstić information content (AvgIpc) is 2.10. The first kappa shape index (κ1) is 15.9. The highest BCUT2D eigenvalue weighted by molar-refractivity contribution is 4.71. The van der Waals surface area contributed by atoms with Crippen LogP contribution in [0.1, 0.15) is 47.0 Å². The number of unbranched alkanes of at least 4 members (excludes halogenated alkanes) is 1. The highest BCUT2D eigenvalue weighted by Crippen LogP contribution is 2.21. The van der Waals surface area contributed by atoms with Gasteiger partial charge in [-0.25, -0.2) is 0 Å². The quantitative estimate of drug-likeness (QED) is 0.626. The van der Waals surface area contributed by atoms with E-state index in [1.54, 1.807) is 0 Å². The monoisotopic (exact) mass is 230 g/mol. The minimum atomic E-state index is -0.592. The lowest BCUT2D eigenvalue weighted by Gasteiger charge is -2.26. The molecule has 3 nitrogen and oxygen atoms in total. The van der Waals surface area contributed by atoms with Crippen molar-refractivity contribution < 1.29 is 5.11 Å². The molecule has 0 rings (SSSR count). The number of aliphatic hydroxyl groups is 1. The van der Waals surface area contributed by atoms with Gasteiger partial charge in [-0.2, -0.15) is 0 Å². The summed E-state index contributed by atoms with van der Waals surface area (Å²) in [6.45, 7) is 10.7. The molecule has 0 unspecified atom stereocenters. The van der Waals surface area contributed by atoms with Crippen molar-refractivity contribution in [3.8, 4) is 0 Å². The molecular weight excluding hydrogens is 200 g/mol. The van der Waals surface area contributed by atoms with Crippen LogP contribution >= 0.6 is 0 Å². The van der Waals surface area contributed by atoms with E-state index in [1.807, 2.05) is 13.8 Å². The highest BCUT2D eigenvalue weighted by atomic mass is 16.3. The molecule has 3 N–H and O–H groups in total. The molecule has 0 bridgehead atoms. The van der Waals surface area contributed by atoms with Gasteiger partial charge >= 0.3 is 0 Å². The Bertz CT molecular complexity index is 185. The largest absolute Gasteiger partial charge is 0.389 e. The maximum atomic E-state index is 9.65. The van der Waals surface area contributed by atoms with Crippen LogP contribution in [0.25, 0.3) is 0 Å². The highest BCUT2D eigenvalue weighted by Gasteiger charge is 2.16. The minimum absolute atomic E-state index is 0.273. The van der Waals surface area contributed by atoms with E-state index in [0.717, 1.165) is 19.6 Å². The molecule has 0 saturated heterocycles. The molecule has 0 aromatic carbocycles. The Hall–Kier alpha value is -0.120. The lowest BCUT2D eigenvalue weighted by molar-refractivity contribution is 0.0440. The van der Waals surface area contributed by atoms with Gasteiger partial charge in [0.15, 0.2) is 0 Å². The molecule has 0 aromatic rings. The van der Waals surface area contributed by atoms with E-state index in [-0.39, 0.29) is 5.41 Å². The number of rotatable bonds is 8. The first-order valence-corrected chi connectivity index (χ1v) is 6.27. The van der Waals surface area contributed by atoms with Crippen molar-refractivity contribution in [3.05, 3.63) is 0 Å². The van der Waals surface area contributed by atoms with E-state index in [2.05, 4.69) is 25.8 Å². The molecule has 0 aliphatic heterocycles. The molecule has 0 amide bonds. The van der Waals surface area contributed by atoms with E-state index >= 15 is 0 Å². The first-order valence-electron chi connectivity index (χ1n) is 6.27. The van der Waals surface area contributed by atoms with Crippen LogP contribution in [-0.2, 0) is 0 Å². The summed E-state index contributed by atoms with van der Waals surface area (Å²) < 4.78 is 0. The summed E-state index contributed by atoms with van der Waals surface area (Å²) in [7, 11) is 2.06. The lowest BCUT2D eigenvalue weighted by atomic mass is 9.87. The molecule has 0 saturated carbocycles. The fourth-order valence-electron chi connectivity index (χ4n) is 1.83. The molecule has 98 valence electrons. The molecule has 0 atom stereocenters. The van der Waals surface area contributed by atoms with Crippen LogP contribution in [0.2, 0.25) is 0 Å². The number of nitrogens with zero attached hydrogens (tertiary/aromatic N) is 1.